The van der Waals surface area contributed by atoms with Crippen LogP contribution in [0.15, 0.2) is 34.4 Å². The quantitative estimate of drug-likeness (QED) is 0.862. The molecule has 1 amide bonds. The van der Waals surface area contributed by atoms with E-state index in [1.54, 1.807) is 11.8 Å². The van der Waals surface area contributed by atoms with Crippen LogP contribution in [0.1, 0.15) is 45.6 Å². The number of hydrogen-bond donors (Lipinski definition) is 2. The number of benzene rings is 1. The van der Waals surface area contributed by atoms with Gasteiger partial charge in [-0.05, 0) is 36.0 Å². The number of nitrogens with zero attached hydrogens (tertiary/aromatic N) is 2. The third-order valence-corrected chi connectivity index (χ3v) is 6.01. The topological polar surface area (TPSA) is 65.8 Å². The molecule has 134 valence electrons. The van der Waals surface area contributed by atoms with E-state index in [9.17, 15) is 4.79 Å². The van der Waals surface area contributed by atoms with Gasteiger partial charge in [-0.15, -0.1) is 0 Å². The van der Waals surface area contributed by atoms with Crippen molar-refractivity contribution in [3.05, 3.63) is 29.8 Å². The van der Waals surface area contributed by atoms with Crippen molar-refractivity contribution in [1.29, 1.82) is 0 Å². The molecule has 1 aliphatic carbocycles. The molecule has 0 aromatic heterocycles. The Balaban J connectivity index is 1.64. The van der Waals surface area contributed by atoms with Crippen LogP contribution in [0, 0.1) is 11.8 Å². The number of anilines is 1. The lowest BCUT2D eigenvalue weighted by atomic mass is 9.78. The lowest BCUT2D eigenvalue weighted by Crippen LogP contribution is -2.32. The average Bonchev–Trinajstić information content (AvgIpc) is 2.60. The Bertz CT molecular complexity index is 683. The number of hydrogen-bond acceptors (Lipinski definition) is 4. The molecule has 3 rings (SSSR count). The van der Waals surface area contributed by atoms with E-state index in [0.29, 0.717) is 12.0 Å². The highest BCUT2D eigenvalue weighted by Gasteiger charge is 2.27. The molecule has 1 fully saturated rings. The molecule has 0 spiro atoms. The molecule has 1 heterocycles. The third-order valence-electron chi connectivity index (χ3n) is 5.12. The Labute approximate surface area is 153 Å². The summed E-state index contributed by atoms with van der Waals surface area (Å²) < 4.78 is 0. The summed E-state index contributed by atoms with van der Waals surface area (Å²) >= 11 is 1.72. The zero-order valence-electron chi connectivity index (χ0n) is 15.1. The molecule has 1 aromatic rings. The average molecular weight is 359 g/mol. The van der Waals surface area contributed by atoms with Gasteiger partial charge >= 0.3 is 0 Å². The molecule has 0 bridgehead atoms. The maximum absolute atomic E-state index is 11.1. The van der Waals surface area contributed by atoms with Gasteiger partial charge in [-0.1, -0.05) is 50.6 Å². The van der Waals surface area contributed by atoms with Gasteiger partial charge in [0.1, 0.15) is 0 Å². The van der Waals surface area contributed by atoms with E-state index in [-0.39, 0.29) is 5.91 Å². The number of hydrazone groups is 1. The van der Waals surface area contributed by atoms with Gasteiger partial charge in [-0.2, -0.15) is 5.10 Å². The number of aliphatic imine (C=N–C) groups is 1. The predicted octanol–water partition coefficient (Wildman–Crippen LogP) is 3.87. The maximum Gasteiger partial charge on any atom is 0.221 e. The molecule has 2 aliphatic rings. The number of amidine groups is 1. The van der Waals surface area contributed by atoms with E-state index >= 15 is 0 Å². The van der Waals surface area contributed by atoms with E-state index in [0.717, 1.165) is 33.8 Å². The first kappa shape index (κ1) is 18.0. The summed E-state index contributed by atoms with van der Waals surface area (Å²) in [4.78, 5) is 16.0. The van der Waals surface area contributed by atoms with Crippen molar-refractivity contribution in [2.24, 2.45) is 21.9 Å². The van der Waals surface area contributed by atoms with E-state index < -0.39 is 0 Å². The predicted molar refractivity (Wildman–Crippen MR) is 106 cm³/mol. The first-order valence-corrected chi connectivity index (χ1v) is 9.92. The smallest absolute Gasteiger partial charge is 0.221 e. The molecular weight excluding hydrogens is 332 g/mol. The van der Waals surface area contributed by atoms with Crippen molar-refractivity contribution in [3.8, 4) is 0 Å². The minimum Gasteiger partial charge on any atom is -0.326 e. The van der Waals surface area contributed by atoms with Gasteiger partial charge in [0, 0.05) is 18.4 Å². The molecule has 3 atom stereocenters. The van der Waals surface area contributed by atoms with E-state index in [2.05, 4.69) is 29.7 Å². The molecule has 1 aliphatic heterocycles. The summed E-state index contributed by atoms with van der Waals surface area (Å²) in [5.74, 6) is 2.13. The SMILES string of the molecule is CC(=O)Nc1ccc(C2=NNC(=NC3CCCC(C)C3C)SC2)cc1. The van der Waals surface area contributed by atoms with E-state index in [1.807, 2.05) is 24.3 Å². The van der Waals surface area contributed by atoms with Crippen molar-refractivity contribution < 1.29 is 4.79 Å². The molecule has 1 aromatic carbocycles. The Kier molecular flexibility index (Phi) is 5.78. The van der Waals surface area contributed by atoms with Crippen LogP contribution in [-0.2, 0) is 4.79 Å². The van der Waals surface area contributed by atoms with Gasteiger partial charge in [0.25, 0.3) is 0 Å². The minimum absolute atomic E-state index is 0.0629. The van der Waals surface area contributed by atoms with Gasteiger partial charge in [0.05, 0.1) is 11.8 Å². The second-order valence-corrected chi connectivity index (χ2v) is 7.95. The molecule has 0 saturated heterocycles. The highest BCUT2D eigenvalue weighted by Crippen LogP contribution is 2.32. The van der Waals surface area contributed by atoms with Crippen LogP contribution >= 0.6 is 11.8 Å². The second-order valence-electron chi connectivity index (χ2n) is 6.99. The molecule has 25 heavy (non-hydrogen) atoms. The van der Waals surface area contributed by atoms with Gasteiger partial charge in [-0.3, -0.25) is 15.2 Å². The van der Waals surface area contributed by atoms with Gasteiger partial charge in [0.15, 0.2) is 5.17 Å². The first-order chi connectivity index (χ1) is 12.0. The summed E-state index contributed by atoms with van der Waals surface area (Å²) in [6.07, 6.45) is 3.77. The minimum atomic E-state index is -0.0629. The lowest BCUT2D eigenvalue weighted by molar-refractivity contribution is -0.114. The molecule has 3 unspecified atom stereocenters. The van der Waals surface area contributed by atoms with Crippen molar-refractivity contribution in [3.63, 3.8) is 0 Å². The maximum atomic E-state index is 11.1. The van der Waals surface area contributed by atoms with Crippen molar-refractivity contribution in [1.82, 2.24) is 5.43 Å². The summed E-state index contributed by atoms with van der Waals surface area (Å²) in [7, 11) is 0. The fourth-order valence-corrected chi connectivity index (χ4v) is 4.19. The highest BCUT2D eigenvalue weighted by molar-refractivity contribution is 8.14. The van der Waals surface area contributed by atoms with Crippen molar-refractivity contribution >= 4 is 34.2 Å². The number of carbonyl (C=O) groups excluding carboxylic acids is 1. The van der Waals surface area contributed by atoms with Crippen molar-refractivity contribution in [2.75, 3.05) is 11.1 Å². The number of amides is 1. The Hall–Kier alpha value is -1.82. The Morgan fingerprint density at radius 2 is 2.04 bits per heavy atom. The number of thioether (sulfide) groups is 1. The normalized spacial score (nSPS) is 28.2. The lowest BCUT2D eigenvalue weighted by Gasteiger charge is -2.32. The second kappa shape index (κ2) is 8.04. The Morgan fingerprint density at radius 3 is 2.68 bits per heavy atom. The fourth-order valence-electron chi connectivity index (χ4n) is 3.37. The number of rotatable bonds is 3. The molecule has 0 radical (unpaired) electrons. The summed E-state index contributed by atoms with van der Waals surface area (Å²) in [6, 6.07) is 8.18. The highest BCUT2D eigenvalue weighted by atomic mass is 32.2. The fraction of sp³-hybridized carbons (Fsp3) is 0.526. The van der Waals surface area contributed by atoms with Crippen LogP contribution in [-0.4, -0.2) is 28.6 Å². The van der Waals surface area contributed by atoms with E-state index in [1.165, 1.54) is 26.2 Å². The zero-order valence-corrected chi connectivity index (χ0v) is 15.9. The van der Waals surface area contributed by atoms with Gasteiger partial charge in [-0.25, -0.2) is 0 Å². The van der Waals surface area contributed by atoms with Crippen LogP contribution < -0.4 is 10.7 Å². The van der Waals surface area contributed by atoms with Crippen LogP contribution in [0.25, 0.3) is 0 Å². The molecular formula is C19H26N4OS. The number of carbonyl (C=O) groups is 1. The van der Waals surface area contributed by atoms with E-state index in [4.69, 9.17) is 4.99 Å². The largest absolute Gasteiger partial charge is 0.326 e. The zero-order chi connectivity index (χ0) is 17.8. The first-order valence-electron chi connectivity index (χ1n) is 8.94. The standard InChI is InChI=1S/C19H26N4OS/c1-12-5-4-6-17(13(12)2)21-19-23-22-18(11-25-19)15-7-9-16(10-8-15)20-14(3)24/h7-10,12-13,17H,4-6,11H2,1-3H3,(H,20,24)(H,21,23). The van der Waals surface area contributed by atoms with Crippen LogP contribution in [0.2, 0.25) is 0 Å². The summed E-state index contributed by atoms with van der Waals surface area (Å²) in [5.41, 5.74) is 6.00. The molecule has 5 nitrogen and oxygen atoms in total. The monoisotopic (exact) mass is 358 g/mol. The third kappa shape index (κ3) is 4.63. The molecule has 2 N–H and O–H groups in total. The Morgan fingerprint density at radius 1 is 1.28 bits per heavy atom. The van der Waals surface area contributed by atoms with Gasteiger partial charge < -0.3 is 5.32 Å². The number of nitrogens with one attached hydrogen (secondary N) is 2. The van der Waals surface area contributed by atoms with Gasteiger partial charge in [0.2, 0.25) is 5.91 Å². The molecule has 1 saturated carbocycles. The van der Waals surface area contributed by atoms with Crippen LogP contribution in [0.5, 0.6) is 0 Å². The summed E-state index contributed by atoms with van der Waals surface area (Å²) in [6.45, 7) is 6.16. The van der Waals surface area contributed by atoms with Crippen molar-refractivity contribution in [2.45, 2.75) is 46.1 Å². The molecule has 6 heteroatoms. The van der Waals surface area contributed by atoms with Crippen LogP contribution in [0.4, 0.5) is 5.69 Å². The summed E-state index contributed by atoms with van der Waals surface area (Å²) in [5, 5.41) is 8.22. The van der Waals surface area contributed by atoms with Crippen LogP contribution in [0.3, 0.4) is 0 Å².